The minimum atomic E-state index is 1.10. The Morgan fingerprint density at radius 3 is 0.901 bits per heavy atom. The molecular weight excluding hydrogens is 979 g/mol. The van der Waals surface area contributed by atoms with Gasteiger partial charge < -0.3 is 14.4 Å². The fourth-order valence-electron chi connectivity index (χ4n) is 12.4. The van der Waals surface area contributed by atoms with E-state index in [1.807, 2.05) is 0 Å². The lowest BCUT2D eigenvalue weighted by molar-refractivity contribution is 1.18. The minimum Gasteiger partial charge on any atom is -0.310 e. The molecular formula is C78H59N3. The predicted octanol–water partition coefficient (Wildman–Crippen LogP) is 21.9. The van der Waals surface area contributed by atoms with E-state index in [9.17, 15) is 0 Å². The lowest BCUT2D eigenvalue weighted by atomic mass is 9.86. The third-order valence-corrected chi connectivity index (χ3v) is 16.6. The van der Waals surface area contributed by atoms with E-state index in [1.54, 1.807) is 0 Å². The van der Waals surface area contributed by atoms with E-state index in [4.69, 9.17) is 0 Å². The number of hydrogen-bond donors (Lipinski definition) is 0. The van der Waals surface area contributed by atoms with Crippen LogP contribution in [0.25, 0.3) is 93.5 Å². The minimum absolute atomic E-state index is 1.10. The van der Waals surface area contributed by atoms with Crippen molar-refractivity contribution in [1.82, 2.24) is 4.57 Å². The zero-order chi connectivity index (χ0) is 54.6. The fraction of sp³-hybridized carbons (Fsp3) is 0.0513. The van der Waals surface area contributed by atoms with E-state index >= 15 is 0 Å². The van der Waals surface area contributed by atoms with Gasteiger partial charge in [-0.25, -0.2) is 0 Å². The van der Waals surface area contributed by atoms with Crippen LogP contribution in [0.3, 0.4) is 0 Å². The Morgan fingerprint density at radius 1 is 0.247 bits per heavy atom. The SMILES string of the molecule is Cc1cc(-c2ccc3c(c2)c2cc(-c4cc(C)c(C)cc4N(c4ccccc4)c4ccccc4)ccc2n3-c2ccc(-c3c4ccccc4c(-c4ccccc4)c4ccccc34)cc2)c(N(c2ccccc2)c2ccccc2)cc1C. The maximum atomic E-state index is 2.47. The van der Waals surface area contributed by atoms with E-state index < -0.39 is 0 Å². The third kappa shape index (κ3) is 8.72. The molecule has 1 aromatic heterocycles. The molecule has 0 fully saturated rings. The average Bonchev–Trinajstić information content (AvgIpc) is 4.14. The Bertz CT molecular complexity index is 4310. The van der Waals surface area contributed by atoms with Crippen LogP contribution in [-0.2, 0) is 0 Å². The monoisotopic (exact) mass is 1040 g/mol. The van der Waals surface area contributed by atoms with Gasteiger partial charge in [-0.15, -0.1) is 0 Å². The molecule has 14 aromatic rings. The first-order valence-corrected chi connectivity index (χ1v) is 28.1. The summed E-state index contributed by atoms with van der Waals surface area (Å²) in [5.41, 5.74) is 24.6. The molecule has 0 bridgehead atoms. The standard InChI is InChI=1S/C78H59N3/c1-52-46-69(75(48-54(52)3)79(60-26-12-6-13-27-60)61-28-14-7-15-29-61)58-40-44-73-71(50-58)72-51-59(70-47-53(2)55(4)49-76(70)80(62-30-16-8-17-31-62)63-32-18-9-19-33-63)41-45-74(72)81(73)64-42-38-57(39-43-64)78-67-36-22-20-34-65(67)77(56-24-10-5-11-25-56)66-35-21-23-37-68(66)78/h5-51H,1-4H3. The summed E-state index contributed by atoms with van der Waals surface area (Å²) in [6.45, 7) is 8.92. The van der Waals surface area contributed by atoms with E-state index in [1.165, 1.54) is 88.0 Å². The van der Waals surface area contributed by atoms with Crippen molar-refractivity contribution in [3.8, 4) is 50.2 Å². The van der Waals surface area contributed by atoms with Gasteiger partial charge in [0.1, 0.15) is 0 Å². The summed E-state index contributed by atoms with van der Waals surface area (Å²) in [5.74, 6) is 0. The molecule has 386 valence electrons. The summed E-state index contributed by atoms with van der Waals surface area (Å²) in [6.07, 6.45) is 0. The largest absolute Gasteiger partial charge is 0.310 e. The fourth-order valence-corrected chi connectivity index (χ4v) is 12.4. The molecule has 0 radical (unpaired) electrons. The summed E-state index contributed by atoms with van der Waals surface area (Å²) in [5, 5.41) is 7.36. The Labute approximate surface area is 474 Å². The van der Waals surface area contributed by atoms with E-state index in [2.05, 4.69) is 327 Å². The van der Waals surface area contributed by atoms with Crippen molar-refractivity contribution >= 4 is 77.5 Å². The number of nitrogens with zero attached hydrogens (tertiary/aromatic N) is 3. The first-order valence-electron chi connectivity index (χ1n) is 28.1. The molecule has 1 heterocycles. The summed E-state index contributed by atoms with van der Waals surface area (Å²) >= 11 is 0. The van der Waals surface area contributed by atoms with Crippen LogP contribution in [0, 0.1) is 27.7 Å². The predicted molar refractivity (Wildman–Crippen MR) is 346 cm³/mol. The number of para-hydroxylation sites is 4. The number of aryl methyl sites for hydroxylation is 4. The zero-order valence-electron chi connectivity index (χ0n) is 46.0. The second kappa shape index (κ2) is 20.5. The van der Waals surface area contributed by atoms with Gasteiger partial charge in [-0.2, -0.15) is 0 Å². The van der Waals surface area contributed by atoms with Crippen molar-refractivity contribution in [2.75, 3.05) is 9.80 Å². The summed E-state index contributed by atoms with van der Waals surface area (Å²) in [7, 11) is 0. The molecule has 0 unspecified atom stereocenters. The van der Waals surface area contributed by atoms with E-state index in [0.29, 0.717) is 0 Å². The van der Waals surface area contributed by atoms with Crippen LogP contribution in [0.15, 0.2) is 285 Å². The van der Waals surface area contributed by atoms with Crippen LogP contribution in [0.1, 0.15) is 22.3 Å². The van der Waals surface area contributed by atoms with Gasteiger partial charge in [0.25, 0.3) is 0 Å². The van der Waals surface area contributed by atoms with Crippen LogP contribution in [-0.4, -0.2) is 4.57 Å². The molecule has 14 rings (SSSR count). The highest BCUT2D eigenvalue weighted by molar-refractivity contribution is 6.21. The molecule has 0 amide bonds. The van der Waals surface area contributed by atoms with Gasteiger partial charge in [-0.1, -0.05) is 176 Å². The van der Waals surface area contributed by atoms with Crippen molar-refractivity contribution < 1.29 is 0 Å². The van der Waals surface area contributed by atoms with Crippen LogP contribution in [0.4, 0.5) is 34.1 Å². The maximum absolute atomic E-state index is 2.47. The van der Waals surface area contributed by atoms with Crippen molar-refractivity contribution in [3.63, 3.8) is 0 Å². The molecule has 81 heavy (non-hydrogen) atoms. The molecule has 0 aliphatic rings. The van der Waals surface area contributed by atoms with Gasteiger partial charge in [0, 0.05) is 50.3 Å². The topological polar surface area (TPSA) is 11.4 Å². The van der Waals surface area contributed by atoms with Crippen LogP contribution in [0.2, 0.25) is 0 Å². The van der Waals surface area contributed by atoms with Crippen molar-refractivity contribution in [3.05, 3.63) is 307 Å². The quantitative estimate of drug-likeness (QED) is 0.120. The highest BCUT2D eigenvalue weighted by Gasteiger charge is 2.24. The molecule has 0 atom stereocenters. The molecule has 3 nitrogen and oxygen atoms in total. The van der Waals surface area contributed by atoms with Gasteiger partial charge >= 0.3 is 0 Å². The van der Waals surface area contributed by atoms with Crippen LogP contribution in [0.5, 0.6) is 0 Å². The second-order valence-corrected chi connectivity index (χ2v) is 21.5. The lowest BCUT2D eigenvalue weighted by Gasteiger charge is -2.29. The van der Waals surface area contributed by atoms with Crippen molar-refractivity contribution in [2.24, 2.45) is 0 Å². The molecule has 0 aliphatic carbocycles. The number of rotatable bonds is 11. The Balaban J connectivity index is 0.994. The highest BCUT2D eigenvalue weighted by Crippen LogP contribution is 2.48. The first kappa shape index (κ1) is 49.1. The Hall–Kier alpha value is -10.2. The molecule has 3 heteroatoms. The normalized spacial score (nSPS) is 11.5. The van der Waals surface area contributed by atoms with Gasteiger partial charge in [0.15, 0.2) is 0 Å². The van der Waals surface area contributed by atoms with Crippen molar-refractivity contribution in [2.45, 2.75) is 27.7 Å². The highest BCUT2D eigenvalue weighted by atomic mass is 15.2. The maximum Gasteiger partial charge on any atom is 0.0542 e. The van der Waals surface area contributed by atoms with E-state index in [0.717, 1.165) is 62.0 Å². The molecule has 0 N–H and O–H groups in total. The number of benzene rings is 13. The molecule has 0 aliphatic heterocycles. The smallest absolute Gasteiger partial charge is 0.0542 e. The number of hydrogen-bond acceptors (Lipinski definition) is 2. The summed E-state index contributed by atoms with van der Waals surface area (Å²) in [6, 6.07) is 105. The first-order chi connectivity index (χ1) is 39.9. The zero-order valence-corrected chi connectivity index (χ0v) is 46.0. The van der Waals surface area contributed by atoms with Gasteiger partial charge in [0.05, 0.1) is 22.4 Å². The van der Waals surface area contributed by atoms with Crippen molar-refractivity contribution in [1.29, 1.82) is 0 Å². The van der Waals surface area contributed by atoms with Gasteiger partial charge in [0.2, 0.25) is 0 Å². The third-order valence-electron chi connectivity index (χ3n) is 16.6. The summed E-state index contributed by atoms with van der Waals surface area (Å²) < 4.78 is 2.47. The Kier molecular flexibility index (Phi) is 12.4. The van der Waals surface area contributed by atoms with E-state index in [-0.39, 0.29) is 0 Å². The van der Waals surface area contributed by atoms with Gasteiger partial charge in [-0.05, 0) is 214 Å². The Morgan fingerprint density at radius 2 is 0.543 bits per heavy atom. The average molecular weight is 1040 g/mol. The molecule has 0 spiro atoms. The second-order valence-electron chi connectivity index (χ2n) is 21.5. The lowest BCUT2D eigenvalue weighted by Crippen LogP contribution is -2.11. The van der Waals surface area contributed by atoms with Crippen LogP contribution < -0.4 is 9.80 Å². The molecule has 0 saturated heterocycles. The van der Waals surface area contributed by atoms with Crippen LogP contribution >= 0.6 is 0 Å². The molecule has 13 aromatic carbocycles. The summed E-state index contributed by atoms with van der Waals surface area (Å²) in [4.78, 5) is 4.81. The number of aromatic nitrogens is 1. The molecule has 0 saturated carbocycles. The van der Waals surface area contributed by atoms with Gasteiger partial charge in [-0.3, -0.25) is 0 Å². The number of anilines is 6. The number of fused-ring (bicyclic) bond motifs is 5.